The first kappa shape index (κ1) is 13.6. The fraction of sp³-hybridized carbons (Fsp3) is 0.286. The van der Waals surface area contributed by atoms with Crippen molar-refractivity contribution in [3.63, 3.8) is 0 Å². The minimum atomic E-state index is -0.227. The maximum Gasteiger partial charge on any atom is 0.0946 e. The van der Waals surface area contributed by atoms with Crippen LogP contribution in [0.15, 0.2) is 11.0 Å². The summed E-state index contributed by atoms with van der Waals surface area (Å²) < 4.78 is 0. The van der Waals surface area contributed by atoms with Gasteiger partial charge in [-0.25, -0.2) is 0 Å². The number of aromatic nitrogens is 2. The van der Waals surface area contributed by atoms with Crippen molar-refractivity contribution in [2.24, 2.45) is 0 Å². The first-order chi connectivity index (χ1) is 4.22. The number of rotatable bonds is 0. The van der Waals surface area contributed by atoms with Crippen LogP contribution in [0.4, 0.5) is 0 Å². The number of hydrogen-bond acceptors (Lipinski definition) is 2. The summed E-state index contributed by atoms with van der Waals surface area (Å²) in [6.45, 7) is 3.58. The van der Waals surface area contributed by atoms with E-state index in [1.54, 1.807) is 13.1 Å². The molecule has 1 rings (SSSR count). The fourth-order valence-corrected chi connectivity index (χ4v) is 0.508. The molecule has 59 valence electrons. The summed E-state index contributed by atoms with van der Waals surface area (Å²) in [5.74, 6) is 0. The van der Waals surface area contributed by atoms with E-state index in [4.69, 9.17) is 0 Å². The average molecular weight is 227 g/mol. The standard InChI is InChI=1S/C6H8N2O.CH3.Y/c1-4-3-7-8-6(9)5(4)2;;/h3H,1-2H3,(H,8,9);1H3;/q;-1;/p-1. The Balaban J connectivity index is 0. The van der Waals surface area contributed by atoms with E-state index in [0.717, 1.165) is 5.56 Å². The SMILES string of the molecule is Cc1cn[n-]c(=O)c1C.[CH3-].[Y]. The summed E-state index contributed by atoms with van der Waals surface area (Å²) >= 11 is 0. The molecular weight excluding hydrogens is 217 g/mol. The Kier molecular flexibility index (Phi) is 6.92. The van der Waals surface area contributed by atoms with E-state index in [0.29, 0.717) is 5.56 Å². The summed E-state index contributed by atoms with van der Waals surface area (Å²) in [4.78, 5) is 10.7. The van der Waals surface area contributed by atoms with Crippen molar-refractivity contribution in [1.29, 1.82) is 0 Å². The minimum Gasteiger partial charge on any atom is -0.541 e. The molecule has 4 heteroatoms. The first-order valence-corrected chi connectivity index (χ1v) is 2.67. The second kappa shape index (κ2) is 5.61. The topological polar surface area (TPSA) is 44.1 Å². The number of nitrogens with zero attached hydrogens (tertiary/aromatic N) is 2. The van der Waals surface area contributed by atoms with Crippen LogP contribution in [-0.2, 0) is 32.7 Å². The van der Waals surface area contributed by atoms with Gasteiger partial charge in [-0.3, -0.25) is 0 Å². The Hall–Kier alpha value is -0.0161. The molecule has 1 heterocycles. The van der Waals surface area contributed by atoms with Crippen LogP contribution < -0.4 is 10.7 Å². The average Bonchev–Trinajstić information content (AvgIpc) is 1.83. The monoisotopic (exact) mass is 227 g/mol. The molecule has 0 bridgehead atoms. The van der Waals surface area contributed by atoms with E-state index in [9.17, 15) is 4.79 Å². The van der Waals surface area contributed by atoms with E-state index in [1.165, 1.54) is 0 Å². The first-order valence-electron chi connectivity index (χ1n) is 2.67. The van der Waals surface area contributed by atoms with Gasteiger partial charge in [0.05, 0.1) is 5.56 Å². The zero-order valence-corrected chi connectivity index (χ0v) is 9.80. The van der Waals surface area contributed by atoms with Gasteiger partial charge in [0.2, 0.25) is 0 Å². The van der Waals surface area contributed by atoms with Crippen LogP contribution in [0.1, 0.15) is 11.1 Å². The molecule has 0 N–H and O–H groups in total. The third-order valence-corrected chi connectivity index (χ3v) is 1.31. The third kappa shape index (κ3) is 3.25. The Morgan fingerprint density at radius 2 is 2.00 bits per heavy atom. The van der Waals surface area contributed by atoms with E-state index in [1.807, 2.05) is 6.92 Å². The van der Waals surface area contributed by atoms with Gasteiger partial charge in [-0.1, -0.05) is 0 Å². The van der Waals surface area contributed by atoms with Gasteiger partial charge in [0, 0.05) is 38.9 Å². The summed E-state index contributed by atoms with van der Waals surface area (Å²) in [6.07, 6.45) is 1.58. The van der Waals surface area contributed by atoms with Crippen molar-refractivity contribution < 1.29 is 32.7 Å². The van der Waals surface area contributed by atoms with Gasteiger partial charge in [-0.05, 0) is 25.0 Å². The van der Waals surface area contributed by atoms with Crippen LogP contribution in [0, 0.1) is 21.3 Å². The molecule has 0 aromatic carbocycles. The summed E-state index contributed by atoms with van der Waals surface area (Å²) in [5.41, 5.74) is 1.36. The van der Waals surface area contributed by atoms with Gasteiger partial charge in [0.15, 0.2) is 0 Å². The van der Waals surface area contributed by atoms with Crippen LogP contribution in [0.3, 0.4) is 0 Å². The van der Waals surface area contributed by atoms with E-state index in [2.05, 4.69) is 10.2 Å². The molecule has 0 aliphatic rings. The molecule has 0 aliphatic carbocycles. The van der Waals surface area contributed by atoms with Gasteiger partial charge in [0.1, 0.15) is 0 Å². The van der Waals surface area contributed by atoms with Crippen molar-refractivity contribution in [1.82, 2.24) is 10.2 Å². The fourth-order valence-electron chi connectivity index (χ4n) is 0.508. The van der Waals surface area contributed by atoms with Gasteiger partial charge >= 0.3 is 0 Å². The minimum absolute atomic E-state index is 0. The van der Waals surface area contributed by atoms with Crippen LogP contribution in [0.5, 0.6) is 0 Å². The summed E-state index contributed by atoms with van der Waals surface area (Å²) in [7, 11) is 0. The number of aryl methyl sites for hydroxylation is 1. The largest absolute Gasteiger partial charge is 0.541 e. The Bertz CT molecular complexity index is 269. The molecule has 0 atom stereocenters. The van der Waals surface area contributed by atoms with Crippen LogP contribution >= 0.6 is 0 Å². The molecule has 1 radical (unpaired) electrons. The second-order valence-electron chi connectivity index (χ2n) is 1.96. The quantitative estimate of drug-likeness (QED) is 0.605. The molecule has 0 fully saturated rings. The Morgan fingerprint density at radius 3 is 2.36 bits per heavy atom. The van der Waals surface area contributed by atoms with Crippen LogP contribution in [-0.4, -0.2) is 5.10 Å². The molecule has 0 amide bonds. The molecular formula is C7H10N2OY-2. The maximum atomic E-state index is 10.7. The zero-order valence-electron chi connectivity index (χ0n) is 6.96. The van der Waals surface area contributed by atoms with Gasteiger partial charge in [0.25, 0.3) is 0 Å². The normalized spacial score (nSPS) is 7.82. The smallest absolute Gasteiger partial charge is 0.0946 e. The predicted molar refractivity (Wildman–Crippen MR) is 39.7 cm³/mol. The van der Waals surface area contributed by atoms with E-state index >= 15 is 0 Å². The molecule has 0 unspecified atom stereocenters. The molecule has 0 spiro atoms. The van der Waals surface area contributed by atoms with E-state index < -0.39 is 0 Å². The summed E-state index contributed by atoms with van der Waals surface area (Å²) in [5, 5.41) is 6.82. The predicted octanol–water partition coefficient (Wildman–Crippen LogP) is 0.464. The van der Waals surface area contributed by atoms with Crippen molar-refractivity contribution >= 4 is 0 Å². The van der Waals surface area contributed by atoms with Crippen molar-refractivity contribution in [2.45, 2.75) is 13.8 Å². The molecule has 0 saturated heterocycles. The molecule has 3 nitrogen and oxygen atoms in total. The van der Waals surface area contributed by atoms with Gasteiger partial charge < -0.3 is 22.4 Å². The second-order valence-corrected chi connectivity index (χ2v) is 1.96. The molecule has 0 aliphatic heterocycles. The van der Waals surface area contributed by atoms with Crippen molar-refractivity contribution in [2.75, 3.05) is 0 Å². The maximum absolute atomic E-state index is 10.7. The van der Waals surface area contributed by atoms with Crippen LogP contribution in [0.25, 0.3) is 0 Å². The van der Waals surface area contributed by atoms with Crippen LogP contribution in [0.2, 0.25) is 0 Å². The molecule has 11 heavy (non-hydrogen) atoms. The van der Waals surface area contributed by atoms with Gasteiger partial charge in [-0.2, -0.15) is 0 Å². The third-order valence-electron chi connectivity index (χ3n) is 1.31. The Labute approximate surface area is 91.5 Å². The molecule has 0 saturated carbocycles. The van der Waals surface area contributed by atoms with Crippen molar-refractivity contribution in [3.8, 4) is 0 Å². The van der Waals surface area contributed by atoms with Crippen molar-refractivity contribution in [3.05, 3.63) is 35.1 Å². The van der Waals surface area contributed by atoms with Gasteiger partial charge in [-0.15, -0.1) is 0 Å². The summed E-state index contributed by atoms with van der Waals surface area (Å²) in [6, 6.07) is 0. The molecule has 1 aromatic rings. The number of hydrogen-bond donors (Lipinski definition) is 0. The van der Waals surface area contributed by atoms with E-state index in [-0.39, 0.29) is 45.7 Å². The Morgan fingerprint density at radius 1 is 1.45 bits per heavy atom. The zero-order chi connectivity index (χ0) is 6.85. The molecule has 1 aromatic heterocycles.